The van der Waals surface area contributed by atoms with Crippen molar-refractivity contribution < 1.29 is 4.79 Å². The fourth-order valence-electron chi connectivity index (χ4n) is 3.32. The standard InChI is InChI=1S/C21H26ClN3O/c22-19-10-4-5-11-20(19)24-21(26)12-14-25-13-6-9-18(16-25)23-15-17-7-2-1-3-8-17/h1-5,7-8,10-11,18,23H,6,9,12-16H2,(H,24,26)/t18-/m0/s1. The van der Waals surface area contributed by atoms with Gasteiger partial charge in [-0.05, 0) is 37.1 Å². The first-order chi connectivity index (χ1) is 12.7. The van der Waals surface area contributed by atoms with Gasteiger partial charge in [0.05, 0.1) is 10.7 Å². The Bertz CT molecular complexity index is 707. The number of hydrogen-bond acceptors (Lipinski definition) is 3. The molecule has 1 atom stereocenters. The summed E-state index contributed by atoms with van der Waals surface area (Å²) in [5.41, 5.74) is 1.99. The monoisotopic (exact) mass is 371 g/mol. The minimum atomic E-state index is 0.0115. The number of amides is 1. The number of benzene rings is 2. The van der Waals surface area contributed by atoms with Crippen LogP contribution in [-0.2, 0) is 11.3 Å². The molecule has 1 aliphatic heterocycles. The van der Waals surface area contributed by atoms with Crippen LogP contribution in [0.15, 0.2) is 54.6 Å². The van der Waals surface area contributed by atoms with Crippen molar-refractivity contribution in [3.63, 3.8) is 0 Å². The van der Waals surface area contributed by atoms with E-state index >= 15 is 0 Å². The Morgan fingerprint density at radius 1 is 1.12 bits per heavy atom. The Labute approximate surface area is 160 Å². The molecule has 5 heteroatoms. The van der Waals surface area contributed by atoms with Gasteiger partial charge in [0.25, 0.3) is 0 Å². The fraction of sp³-hybridized carbons (Fsp3) is 0.381. The van der Waals surface area contributed by atoms with E-state index in [9.17, 15) is 4.79 Å². The molecule has 1 aliphatic rings. The van der Waals surface area contributed by atoms with Gasteiger partial charge in [-0.15, -0.1) is 0 Å². The minimum Gasteiger partial charge on any atom is -0.325 e. The summed E-state index contributed by atoms with van der Waals surface area (Å²) in [6, 6.07) is 18.3. The summed E-state index contributed by atoms with van der Waals surface area (Å²) in [6.07, 6.45) is 2.84. The molecule has 1 saturated heterocycles. The largest absolute Gasteiger partial charge is 0.325 e. The number of carbonyl (C=O) groups excluding carboxylic acids is 1. The van der Waals surface area contributed by atoms with E-state index in [0.717, 1.165) is 26.2 Å². The highest BCUT2D eigenvalue weighted by Crippen LogP contribution is 2.20. The molecular weight excluding hydrogens is 346 g/mol. The molecule has 2 N–H and O–H groups in total. The lowest BCUT2D eigenvalue weighted by Gasteiger charge is -2.33. The third kappa shape index (κ3) is 5.84. The molecule has 0 aliphatic carbocycles. The van der Waals surface area contributed by atoms with E-state index in [1.54, 1.807) is 6.07 Å². The first kappa shape index (κ1) is 18.9. The molecular formula is C21H26ClN3O. The van der Waals surface area contributed by atoms with E-state index in [0.29, 0.717) is 23.2 Å². The number of para-hydroxylation sites is 1. The van der Waals surface area contributed by atoms with Gasteiger partial charge < -0.3 is 15.5 Å². The fourth-order valence-corrected chi connectivity index (χ4v) is 3.50. The van der Waals surface area contributed by atoms with E-state index in [4.69, 9.17) is 11.6 Å². The van der Waals surface area contributed by atoms with Gasteiger partial charge in [-0.1, -0.05) is 54.1 Å². The van der Waals surface area contributed by atoms with Crippen LogP contribution >= 0.6 is 11.6 Å². The molecule has 26 heavy (non-hydrogen) atoms. The highest BCUT2D eigenvalue weighted by Gasteiger charge is 2.20. The number of carbonyl (C=O) groups is 1. The van der Waals surface area contributed by atoms with Crippen molar-refractivity contribution in [3.05, 3.63) is 65.2 Å². The third-order valence-electron chi connectivity index (χ3n) is 4.75. The van der Waals surface area contributed by atoms with Crippen molar-refractivity contribution in [1.82, 2.24) is 10.2 Å². The molecule has 3 rings (SSSR count). The zero-order chi connectivity index (χ0) is 18.2. The van der Waals surface area contributed by atoms with Gasteiger partial charge in [0.1, 0.15) is 0 Å². The second kappa shape index (κ2) is 9.72. The van der Waals surface area contributed by atoms with Crippen LogP contribution in [0, 0.1) is 0 Å². The van der Waals surface area contributed by atoms with Crippen molar-refractivity contribution in [2.45, 2.75) is 31.8 Å². The second-order valence-electron chi connectivity index (χ2n) is 6.78. The molecule has 4 nitrogen and oxygen atoms in total. The highest BCUT2D eigenvalue weighted by molar-refractivity contribution is 6.33. The number of likely N-dealkylation sites (tertiary alicyclic amines) is 1. The number of hydrogen-bond donors (Lipinski definition) is 2. The van der Waals surface area contributed by atoms with Crippen LogP contribution in [0.4, 0.5) is 5.69 Å². The Morgan fingerprint density at radius 3 is 2.69 bits per heavy atom. The first-order valence-electron chi connectivity index (χ1n) is 9.25. The van der Waals surface area contributed by atoms with Crippen molar-refractivity contribution in [3.8, 4) is 0 Å². The lowest BCUT2D eigenvalue weighted by atomic mass is 10.0. The lowest BCUT2D eigenvalue weighted by Crippen LogP contribution is -2.46. The van der Waals surface area contributed by atoms with Crippen molar-refractivity contribution in [2.75, 3.05) is 25.0 Å². The van der Waals surface area contributed by atoms with Crippen molar-refractivity contribution in [2.24, 2.45) is 0 Å². The van der Waals surface area contributed by atoms with Gasteiger partial charge in [-0.2, -0.15) is 0 Å². The minimum absolute atomic E-state index is 0.0115. The molecule has 0 aromatic heterocycles. The topological polar surface area (TPSA) is 44.4 Å². The van der Waals surface area contributed by atoms with E-state index in [1.165, 1.54) is 18.4 Å². The predicted molar refractivity (Wildman–Crippen MR) is 107 cm³/mol. The number of piperidine rings is 1. The van der Waals surface area contributed by atoms with Gasteiger partial charge in [-0.3, -0.25) is 4.79 Å². The average Bonchev–Trinajstić information content (AvgIpc) is 2.68. The van der Waals surface area contributed by atoms with E-state index in [2.05, 4.69) is 39.8 Å². The molecule has 2 aromatic rings. The predicted octanol–water partition coefficient (Wildman–Crippen LogP) is 3.92. The summed E-state index contributed by atoms with van der Waals surface area (Å²) in [5.74, 6) is 0.0115. The molecule has 138 valence electrons. The Morgan fingerprint density at radius 2 is 1.88 bits per heavy atom. The Kier molecular flexibility index (Phi) is 7.06. The molecule has 0 saturated carbocycles. The number of rotatable bonds is 7. The van der Waals surface area contributed by atoms with Crippen LogP contribution in [0.25, 0.3) is 0 Å². The summed E-state index contributed by atoms with van der Waals surface area (Å²) in [7, 11) is 0. The maximum absolute atomic E-state index is 12.2. The van der Waals surface area contributed by atoms with Gasteiger partial charge in [0.15, 0.2) is 0 Å². The number of nitrogens with one attached hydrogen (secondary N) is 2. The first-order valence-corrected chi connectivity index (χ1v) is 9.62. The van der Waals surface area contributed by atoms with Crippen LogP contribution in [-0.4, -0.2) is 36.5 Å². The average molecular weight is 372 g/mol. The molecule has 0 spiro atoms. The Hall–Kier alpha value is -1.88. The van der Waals surface area contributed by atoms with Gasteiger partial charge in [0, 0.05) is 32.1 Å². The SMILES string of the molecule is O=C(CCN1CCC[C@H](NCc2ccccc2)C1)Nc1ccccc1Cl. The number of halogens is 1. The normalized spacial score (nSPS) is 17.8. The van der Waals surface area contributed by atoms with Crippen LogP contribution in [0.1, 0.15) is 24.8 Å². The van der Waals surface area contributed by atoms with Crippen LogP contribution in [0.2, 0.25) is 5.02 Å². The molecule has 0 unspecified atom stereocenters. The van der Waals surface area contributed by atoms with Gasteiger partial charge >= 0.3 is 0 Å². The quantitative estimate of drug-likeness (QED) is 0.775. The van der Waals surface area contributed by atoms with Crippen molar-refractivity contribution in [1.29, 1.82) is 0 Å². The summed E-state index contributed by atoms with van der Waals surface area (Å²) in [5, 5.41) is 7.11. The molecule has 1 heterocycles. The van der Waals surface area contributed by atoms with Crippen LogP contribution in [0.3, 0.4) is 0 Å². The van der Waals surface area contributed by atoms with E-state index < -0.39 is 0 Å². The van der Waals surface area contributed by atoms with Crippen LogP contribution < -0.4 is 10.6 Å². The zero-order valence-corrected chi connectivity index (χ0v) is 15.7. The number of anilines is 1. The maximum Gasteiger partial charge on any atom is 0.225 e. The van der Waals surface area contributed by atoms with E-state index in [-0.39, 0.29) is 5.91 Å². The maximum atomic E-state index is 12.2. The molecule has 1 fully saturated rings. The zero-order valence-electron chi connectivity index (χ0n) is 15.0. The molecule has 0 bridgehead atoms. The third-order valence-corrected chi connectivity index (χ3v) is 5.08. The smallest absolute Gasteiger partial charge is 0.225 e. The molecule has 2 aromatic carbocycles. The number of nitrogens with zero attached hydrogens (tertiary/aromatic N) is 1. The summed E-state index contributed by atoms with van der Waals surface area (Å²) in [6.45, 7) is 3.72. The summed E-state index contributed by atoms with van der Waals surface area (Å²) < 4.78 is 0. The summed E-state index contributed by atoms with van der Waals surface area (Å²) >= 11 is 6.09. The summed E-state index contributed by atoms with van der Waals surface area (Å²) in [4.78, 5) is 14.6. The van der Waals surface area contributed by atoms with Crippen LogP contribution in [0.5, 0.6) is 0 Å². The molecule has 1 amide bonds. The van der Waals surface area contributed by atoms with Crippen molar-refractivity contribution >= 4 is 23.2 Å². The van der Waals surface area contributed by atoms with E-state index in [1.807, 2.05) is 24.3 Å². The lowest BCUT2D eigenvalue weighted by molar-refractivity contribution is -0.116. The highest BCUT2D eigenvalue weighted by atomic mass is 35.5. The second-order valence-corrected chi connectivity index (χ2v) is 7.19. The molecule has 0 radical (unpaired) electrons. The van der Waals surface area contributed by atoms with Gasteiger partial charge in [-0.25, -0.2) is 0 Å². The Balaban J connectivity index is 1.40. The van der Waals surface area contributed by atoms with Gasteiger partial charge in [0.2, 0.25) is 5.91 Å².